The van der Waals surface area contributed by atoms with Crippen LogP contribution in [0.5, 0.6) is 11.5 Å². The number of nitrogens with zero attached hydrogens (tertiary/aromatic N) is 3. The van der Waals surface area contributed by atoms with Crippen molar-refractivity contribution in [1.29, 1.82) is 0 Å². The van der Waals surface area contributed by atoms with Gasteiger partial charge in [-0.05, 0) is 66.1 Å². The molecule has 0 aliphatic rings. The Hall–Kier alpha value is -4.38. The van der Waals surface area contributed by atoms with E-state index in [0.717, 1.165) is 41.3 Å². The van der Waals surface area contributed by atoms with E-state index in [-0.39, 0.29) is 11.5 Å². The third-order valence-corrected chi connectivity index (χ3v) is 6.12. The van der Waals surface area contributed by atoms with Crippen LogP contribution in [-0.4, -0.2) is 27.2 Å². The molecule has 2 N–H and O–H groups in total. The van der Waals surface area contributed by atoms with E-state index in [1.165, 1.54) is 11.0 Å². The highest BCUT2D eigenvalue weighted by molar-refractivity contribution is 6.11. The predicted molar refractivity (Wildman–Crippen MR) is 145 cm³/mol. The summed E-state index contributed by atoms with van der Waals surface area (Å²) in [6.45, 7) is 3.15. The first kappa shape index (κ1) is 22.4. The zero-order valence-electron chi connectivity index (χ0n) is 19.6. The predicted octanol–water partition coefficient (Wildman–Crippen LogP) is 7.51. The van der Waals surface area contributed by atoms with Crippen molar-refractivity contribution in [3.8, 4) is 11.5 Å². The van der Waals surface area contributed by atoms with Gasteiger partial charge in [0.2, 0.25) is 0 Å². The molecule has 1 heterocycles. The Kier molecular flexibility index (Phi) is 6.31. The molecule has 0 saturated carbocycles. The van der Waals surface area contributed by atoms with Gasteiger partial charge in [0, 0.05) is 40.8 Å². The SMILES string of the molecule is CCCCn1c2ccc(C=Nc3ccccc3O)cc2c2cc(C=Nc3ccccc3O)ccc21. The number of hydrogen-bond acceptors (Lipinski definition) is 4. The summed E-state index contributed by atoms with van der Waals surface area (Å²) in [5, 5.41) is 22.3. The molecule has 5 rings (SSSR count). The Labute approximate surface area is 204 Å². The molecule has 0 radical (unpaired) electrons. The highest BCUT2D eigenvalue weighted by Gasteiger charge is 2.11. The maximum atomic E-state index is 10.0. The number of phenolic OH excluding ortho intramolecular Hbond substituents is 2. The summed E-state index contributed by atoms with van der Waals surface area (Å²) in [5.74, 6) is 0.323. The van der Waals surface area contributed by atoms with E-state index in [9.17, 15) is 10.2 Å². The molecule has 174 valence electrons. The average Bonchev–Trinajstić information content (AvgIpc) is 3.18. The Bertz CT molecular complexity index is 1450. The van der Waals surface area contributed by atoms with Crippen molar-refractivity contribution >= 4 is 45.6 Å². The molecule has 0 bridgehead atoms. The van der Waals surface area contributed by atoms with Crippen molar-refractivity contribution in [3.05, 3.63) is 96.1 Å². The van der Waals surface area contributed by atoms with Crippen LogP contribution in [0.2, 0.25) is 0 Å². The van der Waals surface area contributed by atoms with Crippen LogP contribution in [-0.2, 0) is 6.54 Å². The summed E-state index contributed by atoms with van der Waals surface area (Å²) in [7, 11) is 0. The summed E-state index contributed by atoms with van der Waals surface area (Å²) in [4.78, 5) is 8.96. The smallest absolute Gasteiger partial charge is 0.141 e. The van der Waals surface area contributed by atoms with E-state index < -0.39 is 0 Å². The molecule has 5 aromatic rings. The Morgan fingerprint density at radius 1 is 0.686 bits per heavy atom. The van der Waals surface area contributed by atoms with Crippen LogP contribution in [0.4, 0.5) is 11.4 Å². The number of fused-ring (bicyclic) bond motifs is 3. The lowest BCUT2D eigenvalue weighted by molar-refractivity contribution is 0.476. The van der Waals surface area contributed by atoms with Gasteiger partial charge in [-0.1, -0.05) is 49.7 Å². The number of unbranched alkanes of at least 4 members (excludes halogenated alkanes) is 1. The molecular weight excluding hydrogens is 434 g/mol. The van der Waals surface area contributed by atoms with Crippen molar-refractivity contribution in [2.45, 2.75) is 26.3 Å². The maximum absolute atomic E-state index is 10.0. The van der Waals surface area contributed by atoms with Gasteiger partial charge in [-0.2, -0.15) is 0 Å². The van der Waals surface area contributed by atoms with Crippen LogP contribution in [0.1, 0.15) is 30.9 Å². The number of aromatic hydroxyl groups is 2. The highest BCUT2D eigenvalue weighted by Crippen LogP contribution is 2.32. The van der Waals surface area contributed by atoms with E-state index in [2.05, 4.69) is 57.9 Å². The monoisotopic (exact) mass is 461 g/mol. The van der Waals surface area contributed by atoms with Gasteiger partial charge in [-0.3, -0.25) is 9.98 Å². The van der Waals surface area contributed by atoms with Gasteiger partial charge in [0.1, 0.15) is 22.9 Å². The third kappa shape index (κ3) is 4.66. The molecule has 0 amide bonds. The molecule has 0 aliphatic heterocycles. The van der Waals surface area contributed by atoms with Crippen molar-refractivity contribution in [2.75, 3.05) is 0 Å². The fraction of sp³-hybridized carbons (Fsp3) is 0.133. The quantitative estimate of drug-likeness (QED) is 0.246. The highest BCUT2D eigenvalue weighted by atomic mass is 16.3. The summed E-state index contributed by atoms with van der Waals surface area (Å²) >= 11 is 0. The normalized spacial score (nSPS) is 11.9. The molecule has 0 unspecified atom stereocenters. The summed E-state index contributed by atoms with van der Waals surface area (Å²) in [5.41, 5.74) is 5.37. The second-order valence-electron chi connectivity index (χ2n) is 8.55. The van der Waals surface area contributed by atoms with Crippen molar-refractivity contribution < 1.29 is 10.2 Å². The zero-order valence-corrected chi connectivity index (χ0v) is 19.6. The van der Waals surface area contributed by atoms with E-state index in [4.69, 9.17) is 0 Å². The molecule has 0 fully saturated rings. The van der Waals surface area contributed by atoms with E-state index in [1.54, 1.807) is 48.8 Å². The third-order valence-electron chi connectivity index (χ3n) is 6.12. The van der Waals surface area contributed by atoms with E-state index in [1.807, 2.05) is 12.1 Å². The molecule has 5 heteroatoms. The van der Waals surface area contributed by atoms with Gasteiger partial charge in [-0.25, -0.2) is 0 Å². The number of phenols is 2. The summed E-state index contributed by atoms with van der Waals surface area (Å²) in [6.07, 6.45) is 5.80. The zero-order chi connectivity index (χ0) is 24.2. The summed E-state index contributed by atoms with van der Waals surface area (Å²) in [6, 6.07) is 26.8. The molecule has 0 saturated heterocycles. The van der Waals surface area contributed by atoms with Gasteiger partial charge in [0.05, 0.1) is 0 Å². The standard InChI is InChI=1S/C30H27N3O2/c1-2-3-16-33-27-14-12-21(19-31-25-8-4-6-10-29(25)34)17-23(27)24-18-22(13-15-28(24)33)20-32-26-9-5-7-11-30(26)35/h4-15,17-20,34-35H,2-3,16H2,1H3. The number of aromatic nitrogens is 1. The van der Waals surface area contributed by atoms with Crippen molar-refractivity contribution in [1.82, 2.24) is 4.57 Å². The number of aryl methyl sites for hydroxylation is 1. The number of rotatable bonds is 7. The lowest BCUT2D eigenvalue weighted by atomic mass is 10.1. The average molecular weight is 462 g/mol. The topological polar surface area (TPSA) is 70.1 Å². The first-order chi connectivity index (χ1) is 17.1. The second kappa shape index (κ2) is 9.85. The molecule has 1 aromatic heterocycles. The van der Waals surface area contributed by atoms with Crippen LogP contribution in [0.3, 0.4) is 0 Å². The van der Waals surface area contributed by atoms with Crippen molar-refractivity contribution in [2.24, 2.45) is 9.98 Å². The lowest BCUT2D eigenvalue weighted by Gasteiger charge is -2.06. The largest absolute Gasteiger partial charge is 0.506 e. The second-order valence-corrected chi connectivity index (χ2v) is 8.55. The Balaban J connectivity index is 1.58. The number of hydrogen-bond donors (Lipinski definition) is 2. The first-order valence-corrected chi connectivity index (χ1v) is 11.8. The van der Waals surface area contributed by atoms with Crippen LogP contribution < -0.4 is 0 Å². The van der Waals surface area contributed by atoms with Gasteiger partial charge in [0.15, 0.2) is 0 Å². The van der Waals surface area contributed by atoms with Crippen LogP contribution >= 0.6 is 0 Å². The first-order valence-electron chi connectivity index (χ1n) is 11.8. The van der Waals surface area contributed by atoms with Crippen LogP contribution in [0, 0.1) is 0 Å². The maximum Gasteiger partial charge on any atom is 0.141 e. The van der Waals surface area contributed by atoms with Crippen LogP contribution in [0.15, 0.2) is 94.9 Å². The fourth-order valence-electron chi connectivity index (χ4n) is 4.29. The minimum atomic E-state index is 0.161. The van der Waals surface area contributed by atoms with Gasteiger partial charge >= 0.3 is 0 Å². The number of benzene rings is 4. The molecule has 4 aromatic carbocycles. The lowest BCUT2D eigenvalue weighted by Crippen LogP contribution is -1.97. The van der Waals surface area contributed by atoms with Crippen LogP contribution in [0.25, 0.3) is 21.8 Å². The molecule has 35 heavy (non-hydrogen) atoms. The van der Waals surface area contributed by atoms with E-state index >= 15 is 0 Å². The molecule has 0 atom stereocenters. The molecular formula is C30H27N3O2. The molecule has 5 nitrogen and oxygen atoms in total. The Morgan fingerprint density at radius 3 is 1.63 bits per heavy atom. The Morgan fingerprint density at radius 2 is 1.17 bits per heavy atom. The minimum Gasteiger partial charge on any atom is -0.506 e. The van der Waals surface area contributed by atoms with Gasteiger partial charge in [-0.15, -0.1) is 0 Å². The summed E-state index contributed by atoms with van der Waals surface area (Å²) < 4.78 is 2.38. The molecule has 0 aliphatic carbocycles. The van der Waals surface area contributed by atoms with Crippen molar-refractivity contribution in [3.63, 3.8) is 0 Å². The van der Waals surface area contributed by atoms with Gasteiger partial charge in [0.25, 0.3) is 0 Å². The van der Waals surface area contributed by atoms with Gasteiger partial charge < -0.3 is 14.8 Å². The molecule has 0 spiro atoms. The van der Waals surface area contributed by atoms with E-state index in [0.29, 0.717) is 11.4 Å². The number of aliphatic imine (C=N–C) groups is 2. The fourth-order valence-corrected chi connectivity index (χ4v) is 4.29. The number of para-hydroxylation sites is 4. The minimum absolute atomic E-state index is 0.161.